The minimum absolute atomic E-state index is 0.287. The average Bonchev–Trinajstić information content (AvgIpc) is 2.88. The number of carbonyl (C=O) groups is 1. The van der Waals surface area contributed by atoms with E-state index in [1.54, 1.807) is 0 Å². The number of methoxy groups -OCH3 is 1. The SMILES string of the molecule is C/C=C\C=C1/CC=C(C(=O)OC)N1Cc1ccccc1. The molecule has 1 aromatic carbocycles. The molecule has 1 aliphatic heterocycles. The Morgan fingerprint density at radius 2 is 2.10 bits per heavy atom. The molecule has 3 nitrogen and oxygen atoms in total. The number of esters is 1. The van der Waals surface area contributed by atoms with E-state index in [1.807, 2.05) is 54.3 Å². The molecule has 0 aliphatic carbocycles. The molecule has 2 rings (SSSR count). The fourth-order valence-corrected chi connectivity index (χ4v) is 2.19. The van der Waals surface area contributed by atoms with Crippen molar-refractivity contribution in [1.29, 1.82) is 0 Å². The molecule has 1 aromatic rings. The summed E-state index contributed by atoms with van der Waals surface area (Å²) in [5, 5.41) is 0. The molecule has 0 unspecified atom stereocenters. The van der Waals surface area contributed by atoms with Crippen molar-refractivity contribution in [2.75, 3.05) is 7.11 Å². The van der Waals surface area contributed by atoms with Gasteiger partial charge in [-0.1, -0.05) is 42.5 Å². The van der Waals surface area contributed by atoms with Crippen LogP contribution in [0.4, 0.5) is 0 Å². The van der Waals surface area contributed by atoms with Gasteiger partial charge < -0.3 is 9.64 Å². The van der Waals surface area contributed by atoms with Gasteiger partial charge in [0.25, 0.3) is 0 Å². The fraction of sp³-hybridized carbons (Fsp3) is 0.235. The van der Waals surface area contributed by atoms with Gasteiger partial charge in [-0.2, -0.15) is 0 Å². The van der Waals surface area contributed by atoms with E-state index < -0.39 is 0 Å². The number of rotatable bonds is 4. The van der Waals surface area contributed by atoms with E-state index in [2.05, 4.69) is 12.1 Å². The van der Waals surface area contributed by atoms with Crippen molar-refractivity contribution in [3.05, 3.63) is 71.6 Å². The third kappa shape index (κ3) is 3.18. The molecule has 0 aromatic heterocycles. The zero-order valence-electron chi connectivity index (χ0n) is 11.9. The Morgan fingerprint density at radius 3 is 2.75 bits per heavy atom. The molecular formula is C17H19NO2. The maximum absolute atomic E-state index is 11.9. The number of benzene rings is 1. The summed E-state index contributed by atoms with van der Waals surface area (Å²) in [5.41, 5.74) is 2.88. The number of ether oxygens (including phenoxy) is 1. The van der Waals surface area contributed by atoms with Crippen LogP contribution < -0.4 is 0 Å². The number of hydrogen-bond acceptors (Lipinski definition) is 3. The van der Waals surface area contributed by atoms with E-state index in [0.29, 0.717) is 12.2 Å². The van der Waals surface area contributed by atoms with Crippen LogP contribution in [0, 0.1) is 0 Å². The molecule has 0 spiro atoms. The van der Waals surface area contributed by atoms with E-state index in [-0.39, 0.29) is 5.97 Å². The summed E-state index contributed by atoms with van der Waals surface area (Å²) in [6.45, 7) is 2.65. The summed E-state index contributed by atoms with van der Waals surface area (Å²) in [7, 11) is 1.41. The van der Waals surface area contributed by atoms with Crippen molar-refractivity contribution in [1.82, 2.24) is 4.90 Å². The monoisotopic (exact) mass is 269 g/mol. The Balaban J connectivity index is 2.25. The second kappa shape index (κ2) is 6.75. The number of carbonyl (C=O) groups excluding carboxylic acids is 1. The van der Waals surface area contributed by atoms with E-state index in [9.17, 15) is 4.79 Å². The van der Waals surface area contributed by atoms with E-state index in [0.717, 1.165) is 17.7 Å². The van der Waals surface area contributed by atoms with Gasteiger partial charge in [-0.05, 0) is 24.6 Å². The van der Waals surface area contributed by atoms with Crippen LogP contribution in [-0.4, -0.2) is 18.0 Å². The molecule has 104 valence electrons. The normalized spacial score (nSPS) is 16.8. The summed E-state index contributed by atoms with van der Waals surface area (Å²) >= 11 is 0. The first kappa shape index (κ1) is 14.1. The Kier molecular flexibility index (Phi) is 4.77. The van der Waals surface area contributed by atoms with Gasteiger partial charge in [-0.15, -0.1) is 0 Å². The molecule has 1 aliphatic rings. The summed E-state index contributed by atoms with van der Waals surface area (Å²) in [5.74, 6) is -0.287. The molecule has 0 N–H and O–H groups in total. The lowest BCUT2D eigenvalue weighted by Gasteiger charge is -2.23. The fourth-order valence-electron chi connectivity index (χ4n) is 2.19. The maximum atomic E-state index is 11.9. The van der Waals surface area contributed by atoms with E-state index in [4.69, 9.17) is 4.74 Å². The van der Waals surface area contributed by atoms with Gasteiger partial charge in [0, 0.05) is 18.7 Å². The topological polar surface area (TPSA) is 29.5 Å². The molecule has 0 atom stereocenters. The van der Waals surface area contributed by atoms with Crippen LogP contribution in [0.1, 0.15) is 18.9 Å². The first-order valence-corrected chi connectivity index (χ1v) is 6.68. The minimum atomic E-state index is -0.287. The molecular weight excluding hydrogens is 250 g/mol. The largest absolute Gasteiger partial charge is 0.464 e. The average molecular weight is 269 g/mol. The molecule has 1 heterocycles. The highest BCUT2D eigenvalue weighted by Gasteiger charge is 2.26. The van der Waals surface area contributed by atoms with Crippen molar-refractivity contribution >= 4 is 5.97 Å². The smallest absolute Gasteiger partial charge is 0.354 e. The lowest BCUT2D eigenvalue weighted by atomic mass is 10.2. The zero-order valence-corrected chi connectivity index (χ0v) is 11.9. The quantitative estimate of drug-likeness (QED) is 0.784. The first-order valence-electron chi connectivity index (χ1n) is 6.68. The van der Waals surface area contributed by atoms with Gasteiger partial charge in [0.05, 0.1) is 7.11 Å². The highest BCUT2D eigenvalue weighted by Crippen LogP contribution is 2.28. The van der Waals surface area contributed by atoms with Gasteiger partial charge in [-0.25, -0.2) is 4.79 Å². The number of allylic oxidation sites excluding steroid dienone is 4. The van der Waals surface area contributed by atoms with Gasteiger partial charge in [0.15, 0.2) is 0 Å². The Hall–Kier alpha value is -2.29. The predicted octanol–water partition coefficient (Wildman–Crippen LogP) is 3.41. The van der Waals surface area contributed by atoms with Gasteiger partial charge in [0.2, 0.25) is 0 Å². The van der Waals surface area contributed by atoms with Gasteiger partial charge in [0.1, 0.15) is 5.70 Å². The predicted molar refractivity (Wildman–Crippen MR) is 79.6 cm³/mol. The van der Waals surface area contributed by atoms with Crippen molar-refractivity contribution < 1.29 is 9.53 Å². The highest BCUT2D eigenvalue weighted by molar-refractivity contribution is 5.88. The van der Waals surface area contributed by atoms with Gasteiger partial charge in [-0.3, -0.25) is 0 Å². The summed E-state index contributed by atoms with van der Waals surface area (Å²) in [6, 6.07) is 10.1. The van der Waals surface area contributed by atoms with Crippen LogP contribution in [0.15, 0.2) is 66.0 Å². The third-order valence-electron chi connectivity index (χ3n) is 3.20. The lowest BCUT2D eigenvalue weighted by Crippen LogP contribution is -2.23. The van der Waals surface area contributed by atoms with E-state index in [1.165, 1.54) is 7.11 Å². The summed E-state index contributed by atoms with van der Waals surface area (Å²) in [4.78, 5) is 13.9. The maximum Gasteiger partial charge on any atom is 0.354 e. The van der Waals surface area contributed by atoms with E-state index >= 15 is 0 Å². The molecule has 20 heavy (non-hydrogen) atoms. The Morgan fingerprint density at radius 1 is 1.35 bits per heavy atom. The lowest BCUT2D eigenvalue weighted by molar-refractivity contribution is -0.137. The number of hydrogen-bond donors (Lipinski definition) is 0. The van der Waals surface area contributed by atoms with Crippen molar-refractivity contribution in [2.45, 2.75) is 19.9 Å². The summed E-state index contributed by atoms with van der Waals surface area (Å²) < 4.78 is 4.86. The second-order valence-corrected chi connectivity index (χ2v) is 4.54. The molecule has 0 radical (unpaired) electrons. The molecule has 0 bridgehead atoms. The molecule has 0 fully saturated rings. The Bertz CT molecular complexity index is 556. The van der Waals surface area contributed by atoms with Crippen molar-refractivity contribution in [2.24, 2.45) is 0 Å². The van der Waals surface area contributed by atoms with Crippen LogP contribution in [0.5, 0.6) is 0 Å². The molecule has 3 heteroatoms. The van der Waals surface area contributed by atoms with Crippen LogP contribution in [0.3, 0.4) is 0 Å². The van der Waals surface area contributed by atoms with Crippen LogP contribution in [-0.2, 0) is 16.1 Å². The first-order chi connectivity index (χ1) is 9.76. The zero-order chi connectivity index (χ0) is 14.4. The highest BCUT2D eigenvalue weighted by atomic mass is 16.5. The van der Waals surface area contributed by atoms with Crippen LogP contribution in [0.2, 0.25) is 0 Å². The molecule has 0 saturated carbocycles. The molecule has 0 saturated heterocycles. The van der Waals surface area contributed by atoms with Crippen LogP contribution in [0.25, 0.3) is 0 Å². The van der Waals surface area contributed by atoms with Gasteiger partial charge >= 0.3 is 5.97 Å². The second-order valence-electron chi connectivity index (χ2n) is 4.54. The number of nitrogens with zero attached hydrogens (tertiary/aromatic N) is 1. The minimum Gasteiger partial charge on any atom is -0.464 e. The molecule has 0 amide bonds. The Labute approximate surface area is 119 Å². The van der Waals surface area contributed by atoms with Crippen molar-refractivity contribution in [3.8, 4) is 0 Å². The van der Waals surface area contributed by atoms with Crippen molar-refractivity contribution in [3.63, 3.8) is 0 Å². The standard InChI is InChI=1S/C17H19NO2/c1-3-4-10-15-11-12-16(17(19)20-2)18(15)13-14-8-6-5-7-9-14/h3-10,12H,11,13H2,1-2H3/b4-3-,15-10+. The van der Waals surface area contributed by atoms with Crippen LogP contribution >= 0.6 is 0 Å². The summed E-state index contributed by atoms with van der Waals surface area (Å²) in [6.07, 6.45) is 8.67. The third-order valence-corrected chi connectivity index (χ3v) is 3.20.